The number of benzene rings is 1. The van der Waals surface area contributed by atoms with Crippen molar-refractivity contribution >= 4 is 28.8 Å². The zero-order valence-corrected chi connectivity index (χ0v) is 11.5. The summed E-state index contributed by atoms with van der Waals surface area (Å²) in [7, 11) is 1.74. The van der Waals surface area contributed by atoms with E-state index in [1.54, 1.807) is 18.0 Å². The van der Waals surface area contributed by atoms with Gasteiger partial charge in [0.05, 0.1) is 6.54 Å². The van der Waals surface area contributed by atoms with Crippen LogP contribution in [0.4, 0.5) is 10.1 Å². The lowest BCUT2D eigenvalue weighted by Gasteiger charge is -2.19. The Hall–Kier alpha value is -1.69. The maximum atomic E-state index is 13.7. The van der Waals surface area contributed by atoms with Gasteiger partial charge in [-0.3, -0.25) is 4.79 Å². The van der Waals surface area contributed by atoms with Crippen LogP contribution in [0.25, 0.3) is 0 Å². The summed E-state index contributed by atoms with van der Waals surface area (Å²) in [6.07, 6.45) is 2.10. The average Bonchev–Trinajstić information content (AvgIpc) is 3.11. The molecule has 102 valence electrons. The Kier molecular flexibility index (Phi) is 3.99. The minimum absolute atomic E-state index is 0.0261. The summed E-state index contributed by atoms with van der Waals surface area (Å²) in [5, 5.41) is 2.88. The van der Waals surface area contributed by atoms with Crippen LogP contribution in [-0.2, 0) is 4.79 Å². The molecule has 0 saturated heterocycles. The number of nitrogens with two attached hydrogens (primary N) is 1. The number of carbonyl (C=O) groups is 1. The van der Waals surface area contributed by atoms with Crippen molar-refractivity contribution in [3.05, 3.63) is 29.6 Å². The van der Waals surface area contributed by atoms with Gasteiger partial charge < -0.3 is 16.0 Å². The van der Waals surface area contributed by atoms with Gasteiger partial charge in [0.25, 0.3) is 0 Å². The lowest BCUT2D eigenvalue weighted by atomic mass is 10.2. The van der Waals surface area contributed by atoms with E-state index in [9.17, 15) is 9.18 Å². The fraction of sp³-hybridized carbons (Fsp3) is 0.385. The maximum absolute atomic E-state index is 13.7. The molecule has 1 saturated carbocycles. The van der Waals surface area contributed by atoms with E-state index in [1.165, 1.54) is 12.1 Å². The molecule has 1 aliphatic rings. The van der Waals surface area contributed by atoms with E-state index in [4.69, 9.17) is 18.0 Å². The quantitative estimate of drug-likeness (QED) is 0.796. The van der Waals surface area contributed by atoms with Crippen molar-refractivity contribution in [3.63, 3.8) is 0 Å². The summed E-state index contributed by atoms with van der Waals surface area (Å²) in [6, 6.07) is 4.89. The topological polar surface area (TPSA) is 58.4 Å². The van der Waals surface area contributed by atoms with E-state index in [-0.39, 0.29) is 23.0 Å². The van der Waals surface area contributed by atoms with Crippen LogP contribution in [-0.4, -0.2) is 30.5 Å². The second kappa shape index (κ2) is 5.52. The van der Waals surface area contributed by atoms with E-state index in [1.807, 2.05) is 0 Å². The molecular formula is C13H16FN3OS. The Morgan fingerprint density at radius 3 is 2.79 bits per heavy atom. The van der Waals surface area contributed by atoms with Gasteiger partial charge in [-0.25, -0.2) is 4.39 Å². The number of hydrogen-bond donors (Lipinski definition) is 2. The van der Waals surface area contributed by atoms with Gasteiger partial charge in [0.2, 0.25) is 5.91 Å². The summed E-state index contributed by atoms with van der Waals surface area (Å²) in [5.41, 5.74) is 6.23. The SMILES string of the molecule is CN(CC(=O)NC1CC1)c1ccc(C(N)=S)c(F)c1. The van der Waals surface area contributed by atoms with Gasteiger partial charge >= 0.3 is 0 Å². The second-order valence-corrected chi connectivity index (χ2v) is 5.17. The van der Waals surface area contributed by atoms with Gasteiger partial charge in [-0.2, -0.15) is 0 Å². The first-order valence-electron chi connectivity index (χ1n) is 6.07. The number of likely N-dealkylation sites (N-methyl/N-ethyl adjacent to an activating group) is 1. The van der Waals surface area contributed by atoms with Crippen molar-refractivity contribution < 1.29 is 9.18 Å². The Bertz CT molecular complexity index is 517. The number of nitrogens with zero attached hydrogens (tertiary/aromatic N) is 1. The van der Waals surface area contributed by atoms with Crippen molar-refractivity contribution in [2.45, 2.75) is 18.9 Å². The first-order chi connectivity index (χ1) is 8.97. The summed E-state index contributed by atoms with van der Waals surface area (Å²) in [5.74, 6) is -0.525. The van der Waals surface area contributed by atoms with Crippen LogP contribution in [0, 0.1) is 5.82 Å². The molecule has 19 heavy (non-hydrogen) atoms. The molecular weight excluding hydrogens is 265 g/mol. The molecule has 6 heteroatoms. The minimum Gasteiger partial charge on any atom is -0.389 e. The number of nitrogens with one attached hydrogen (secondary N) is 1. The van der Waals surface area contributed by atoms with Crippen LogP contribution >= 0.6 is 12.2 Å². The molecule has 1 fully saturated rings. The number of amides is 1. The van der Waals surface area contributed by atoms with E-state index >= 15 is 0 Å². The average molecular weight is 281 g/mol. The highest BCUT2D eigenvalue weighted by molar-refractivity contribution is 7.80. The van der Waals surface area contributed by atoms with Crippen molar-refractivity contribution in [1.29, 1.82) is 0 Å². The van der Waals surface area contributed by atoms with Gasteiger partial charge in [-0.05, 0) is 31.0 Å². The number of carbonyl (C=O) groups excluding carboxylic acids is 1. The Morgan fingerprint density at radius 1 is 1.58 bits per heavy atom. The molecule has 1 amide bonds. The lowest BCUT2D eigenvalue weighted by Crippen LogP contribution is -2.36. The van der Waals surface area contributed by atoms with Crippen molar-refractivity contribution in [3.8, 4) is 0 Å². The van der Waals surface area contributed by atoms with Gasteiger partial charge in [0.1, 0.15) is 10.8 Å². The molecule has 2 rings (SSSR count). The standard InChI is InChI=1S/C13H16FN3OS/c1-17(7-12(18)16-8-2-3-8)9-4-5-10(13(15)19)11(14)6-9/h4-6,8H,2-3,7H2,1H3,(H2,15,19)(H,16,18). The summed E-state index contributed by atoms with van der Waals surface area (Å²) in [6.45, 7) is 0.197. The molecule has 1 aromatic rings. The van der Waals surface area contributed by atoms with Crippen LogP contribution in [0.15, 0.2) is 18.2 Å². The second-order valence-electron chi connectivity index (χ2n) is 4.73. The van der Waals surface area contributed by atoms with Crippen LogP contribution in [0.3, 0.4) is 0 Å². The Morgan fingerprint density at radius 2 is 2.26 bits per heavy atom. The molecule has 4 nitrogen and oxygen atoms in total. The highest BCUT2D eigenvalue weighted by atomic mass is 32.1. The van der Waals surface area contributed by atoms with E-state index < -0.39 is 5.82 Å². The smallest absolute Gasteiger partial charge is 0.239 e. The number of halogens is 1. The van der Waals surface area contributed by atoms with Gasteiger partial charge in [0, 0.05) is 24.3 Å². The predicted octanol–water partition coefficient (Wildman–Crippen LogP) is 1.17. The first-order valence-corrected chi connectivity index (χ1v) is 6.48. The summed E-state index contributed by atoms with van der Waals surface area (Å²) < 4.78 is 13.7. The third-order valence-corrected chi connectivity index (χ3v) is 3.20. The zero-order chi connectivity index (χ0) is 14.0. The van der Waals surface area contributed by atoms with Crippen molar-refractivity contribution in [2.24, 2.45) is 5.73 Å². The summed E-state index contributed by atoms with van der Waals surface area (Å²) >= 11 is 4.74. The normalized spacial score (nSPS) is 14.0. The van der Waals surface area contributed by atoms with E-state index in [0.29, 0.717) is 11.7 Å². The molecule has 0 radical (unpaired) electrons. The highest BCUT2D eigenvalue weighted by Gasteiger charge is 2.23. The maximum Gasteiger partial charge on any atom is 0.239 e. The van der Waals surface area contributed by atoms with Crippen molar-refractivity contribution in [2.75, 3.05) is 18.5 Å². The molecule has 1 aromatic carbocycles. The molecule has 3 N–H and O–H groups in total. The van der Waals surface area contributed by atoms with E-state index in [2.05, 4.69) is 5.32 Å². The fourth-order valence-electron chi connectivity index (χ4n) is 1.75. The minimum atomic E-state index is -0.473. The van der Waals surface area contributed by atoms with E-state index in [0.717, 1.165) is 12.8 Å². The number of anilines is 1. The van der Waals surface area contributed by atoms with Gasteiger partial charge in [0.15, 0.2) is 0 Å². The van der Waals surface area contributed by atoms with Crippen LogP contribution in [0.1, 0.15) is 18.4 Å². The third-order valence-electron chi connectivity index (χ3n) is 2.98. The van der Waals surface area contributed by atoms with Gasteiger partial charge in [-0.1, -0.05) is 12.2 Å². The number of thiocarbonyl (C=S) groups is 1. The zero-order valence-electron chi connectivity index (χ0n) is 10.6. The third kappa shape index (κ3) is 3.64. The van der Waals surface area contributed by atoms with Crippen LogP contribution in [0.5, 0.6) is 0 Å². The molecule has 0 atom stereocenters. The highest BCUT2D eigenvalue weighted by Crippen LogP contribution is 2.20. The predicted molar refractivity (Wildman–Crippen MR) is 76.7 cm³/mol. The number of hydrogen-bond acceptors (Lipinski definition) is 3. The lowest BCUT2D eigenvalue weighted by molar-refractivity contribution is -0.119. The number of rotatable bonds is 5. The fourth-order valence-corrected chi connectivity index (χ4v) is 1.91. The monoisotopic (exact) mass is 281 g/mol. The first kappa shape index (κ1) is 13.7. The Balaban J connectivity index is 2.01. The molecule has 0 spiro atoms. The molecule has 0 unspecified atom stereocenters. The molecule has 0 aromatic heterocycles. The molecule has 0 aliphatic heterocycles. The Labute approximate surface area is 116 Å². The van der Waals surface area contributed by atoms with Crippen molar-refractivity contribution in [1.82, 2.24) is 5.32 Å². The van der Waals surface area contributed by atoms with Crippen LogP contribution in [0.2, 0.25) is 0 Å². The van der Waals surface area contributed by atoms with Crippen LogP contribution < -0.4 is 16.0 Å². The molecule has 0 bridgehead atoms. The summed E-state index contributed by atoms with van der Waals surface area (Å²) in [4.78, 5) is 13.4. The molecule has 1 aliphatic carbocycles. The molecule has 0 heterocycles. The largest absolute Gasteiger partial charge is 0.389 e. The van der Waals surface area contributed by atoms with Gasteiger partial charge in [-0.15, -0.1) is 0 Å².